The molecular formula is C22H19ClN4O4S. The van der Waals surface area contributed by atoms with Crippen LogP contribution >= 0.6 is 22.9 Å². The Labute approximate surface area is 193 Å². The van der Waals surface area contributed by atoms with E-state index < -0.39 is 0 Å². The molecule has 1 N–H and O–H groups in total. The number of hydrogen-bond donors (Lipinski definition) is 1. The minimum atomic E-state index is -0.192. The van der Waals surface area contributed by atoms with E-state index >= 15 is 0 Å². The van der Waals surface area contributed by atoms with Gasteiger partial charge in [0.15, 0.2) is 5.13 Å². The molecule has 8 nitrogen and oxygen atoms in total. The minimum Gasteiger partial charge on any atom is -0.497 e. The molecule has 4 aromatic rings. The first-order chi connectivity index (χ1) is 15.6. The highest BCUT2D eigenvalue weighted by Gasteiger charge is 2.13. The Bertz CT molecular complexity index is 1220. The Kier molecular flexibility index (Phi) is 6.67. The summed E-state index contributed by atoms with van der Waals surface area (Å²) < 4.78 is 15.6. The molecule has 2 aromatic carbocycles. The van der Waals surface area contributed by atoms with Crippen molar-refractivity contribution in [2.24, 2.45) is 0 Å². The molecular weight excluding hydrogens is 452 g/mol. The van der Waals surface area contributed by atoms with Gasteiger partial charge in [-0.05, 0) is 42.5 Å². The van der Waals surface area contributed by atoms with E-state index in [-0.39, 0.29) is 12.3 Å². The number of carbonyl (C=O) groups excluding carboxylic acids is 1. The van der Waals surface area contributed by atoms with Crippen LogP contribution in [0.4, 0.5) is 5.13 Å². The van der Waals surface area contributed by atoms with Gasteiger partial charge in [0.25, 0.3) is 0 Å². The predicted molar refractivity (Wildman–Crippen MR) is 122 cm³/mol. The first-order valence-electron chi connectivity index (χ1n) is 9.62. The third-order valence-corrected chi connectivity index (χ3v) is 5.63. The molecule has 0 fully saturated rings. The Morgan fingerprint density at radius 3 is 2.59 bits per heavy atom. The number of benzene rings is 2. The lowest BCUT2D eigenvalue weighted by Gasteiger charge is -2.04. The summed E-state index contributed by atoms with van der Waals surface area (Å²) in [5, 5.41) is 9.62. The third kappa shape index (κ3) is 5.06. The van der Waals surface area contributed by atoms with E-state index in [0.29, 0.717) is 34.0 Å². The van der Waals surface area contributed by atoms with E-state index in [1.165, 1.54) is 11.3 Å². The van der Waals surface area contributed by atoms with Gasteiger partial charge in [0.1, 0.15) is 11.5 Å². The summed E-state index contributed by atoms with van der Waals surface area (Å²) in [7, 11) is 3.17. The molecule has 0 radical (unpaired) electrons. The highest BCUT2D eigenvalue weighted by molar-refractivity contribution is 7.14. The van der Waals surface area contributed by atoms with E-state index in [0.717, 1.165) is 22.6 Å². The lowest BCUT2D eigenvalue weighted by molar-refractivity contribution is -0.116. The molecule has 2 heterocycles. The maximum absolute atomic E-state index is 12.3. The fourth-order valence-corrected chi connectivity index (χ4v) is 3.90. The quantitative estimate of drug-likeness (QED) is 0.382. The van der Waals surface area contributed by atoms with Crippen molar-refractivity contribution in [3.05, 3.63) is 58.8 Å². The molecule has 0 aliphatic heterocycles. The van der Waals surface area contributed by atoms with Crippen molar-refractivity contribution in [3.8, 4) is 34.1 Å². The van der Waals surface area contributed by atoms with E-state index in [1.54, 1.807) is 26.4 Å². The lowest BCUT2D eigenvalue weighted by Crippen LogP contribution is -2.12. The van der Waals surface area contributed by atoms with Crippen molar-refractivity contribution in [1.82, 2.24) is 15.1 Å². The van der Waals surface area contributed by atoms with Gasteiger partial charge in [-0.3, -0.25) is 4.79 Å². The third-order valence-electron chi connectivity index (χ3n) is 4.58. The largest absolute Gasteiger partial charge is 0.497 e. The molecule has 32 heavy (non-hydrogen) atoms. The average molecular weight is 471 g/mol. The first-order valence-corrected chi connectivity index (χ1v) is 10.9. The smallest absolute Gasteiger partial charge is 0.227 e. The number of hydrogen-bond acceptors (Lipinski definition) is 8. The van der Waals surface area contributed by atoms with Crippen molar-refractivity contribution < 1.29 is 18.8 Å². The maximum Gasteiger partial charge on any atom is 0.227 e. The number of nitrogens with zero attached hydrogens (tertiary/aromatic N) is 3. The van der Waals surface area contributed by atoms with Gasteiger partial charge in [0, 0.05) is 29.3 Å². The number of ether oxygens (including phenoxy) is 2. The van der Waals surface area contributed by atoms with Gasteiger partial charge in [-0.25, -0.2) is 4.98 Å². The van der Waals surface area contributed by atoms with E-state index in [2.05, 4.69) is 20.4 Å². The topological polar surface area (TPSA) is 99.4 Å². The molecule has 2 aromatic heterocycles. The van der Waals surface area contributed by atoms with E-state index in [1.807, 2.05) is 35.7 Å². The monoisotopic (exact) mass is 470 g/mol. The highest BCUT2D eigenvalue weighted by Crippen LogP contribution is 2.31. The zero-order chi connectivity index (χ0) is 22.5. The summed E-state index contributed by atoms with van der Waals surface area (Å²) in [6, 6.07) is 12.7. The summed E-state index contributed by atoms with van der Waals surface area (Å²) in [4.78, 5) is 21.1. The molecule has 10 heteroatoms. The zero-order valence-corrected chi connectivity index (χ0v) is 18.9. The van der Waals surface area contributed by atoms with Crippen LogP contribution in [0.25, 0.3) is 22.6 Å². The van der Waals surface area contributed by atoms with Crippen molar-refractivity contribution in [3.63, 3.8) is 0 Å². The number of aromatic nitrogens is 3. The Balaban J connectivity index is 1.33. The molecule has 164 valence electrons. The van der Waals surface area contributed by atoms with Crippen LogP contribution in [0.3, 0.4) is 0 Å². The summed E-state index contributed by atoms with van der Waals surface area (Å²) in [5.41, 5.74) is 2.36. The van der Waals surface area contributed by atoms with Crippen molar-refractivity contribution in [2.75, 3.05) is 19.5 Å². The summed E-state index contributed by atoms with van der Waals surface area (Å²) in [5.74, 6) is 2.00. The number of methoxy groups -OCH3 is 2. The molecule has 0 aliphatic rings. The summed E-state index contributed by atoms with van der Waals surface area (Å²) in [6.07, 6.45) is 0.509. The summed E-state index contributed by atoms with van der Waals surface area (Å²) >= 11 is 7.52. The van der Waals surface area contributed by atoms with Gasteiger partial charge in [0.2, 0.25) is 17.6 Å². The fourth-order valence-electron chi connectivity index (χ4n) is 2.91. The van der Waals surface area contributed by atoms with Crippen LogP contribution in [-0.2, 0) is 11.2 Å². The number of aryl methyl sites for hydroxylation is 1. The Morgan fingerprint density at radius 2 is 1.88 bits per heavy atom. The number of halogens is 1. The van der Waals surface area contributed by atoms with Gasteiger partial charge in [-0.15, -0.1) is 11.3 Å². The molecule has 0 aliphatic carbocycles. The van der Waals surface area contributed by atoms with E-state index in [4.69, 9.17) is 25.6 Å². The SMILES string of the molecule is COc1ccc(-c2noc(CCC(=O)Nc3nc(-c4ccc(OC)c(Cl)c4)cs3)n2)cc1. The predicted octanol–water partition coefficient (Wildman–Crippen LogP) is 5.10. The number of anilines is 1. The standard InChI is InChI=1S/C22H19ClN4O4S/c1-29-15-6-3-13(4-7-15)21-26-20(31-27-21)10-9-19(28)25-22-24-17(12-32-22)14-5-8-18(30-2)16(23)11-14/h3-8,11-12H,9-10H2,1-2H3,(H,24,25,28). The molecule has 0 spiro atoms. The van der Waals surface area contributed by atoms with Crippen LogP contribution < -0.4 is 14.8 Å². The number of amides is 1. The number of carbonyl (C=O) groups is 1. The number of rotatable bonds is 8. The van der Waals surface area contributed by atoms with Crippen LogP contribution in [0.1, 0.15) is 12.3 Å². The van der Waals surface area contributed by atoms with Gasteiger partial charge in [-0.2, -0.15) is 4.98 Å². The summed E-state index contributed by atoms with van der Waals surface area (Å²) in [6.45, 7) is 0. The molecule has 0 saturated heterocycles. The van der Waals surface area contributed by atoms with Crippen molar-refractivity contribution in [2.45, 2.75) is 12.8 Å². The molecule has 4 rings (SSSR count). The molecule has 1 amide bonds. The molecule has 0 bridgehead atoms. The van der Waals surface area contributed by atoms with Gasteiger partial charge >= 0.3 is 0 Å². The Morgan fingerprint density at radius 1 is 1.09 bits per heavy atom. The molecule has 0 unspecified atom stereocenters. The van der Waals surface area contributed by atoms with Crippen molar-refractivity contribution in [1.29, 1.82) is 0 Å². The van der Waals surface area contributed by atoms with Crippen LogP contribution in [-0.4, -0.2) is 35.3 Å². The van der Waals surface area contributed by atoms with Crippen molar-refractivity contribution >= 4 is 34.0 Å². The normalized spacial score (nSPS) is 10.7. The Hall–Kier alpha value is -3.43. The zero-order valence-electron chi connectivity index (χ0n) is 17.3. The maximum atomic E-state index is 12.3. The lowest BCUT2D eigenvalue weighted by atomic mass is 10.2. The number of nitrogens with one attached hydrogen (secondary N) is 1. The highest BCUT2D eigenvalue weighted by atomic mass is 35.5. The van der Waals surface area contributed by atoms with Crippen LogP contribution in [0.15, 0.2) is 52.4 Å². The van der Waals surface area contributed by atoms with Gasteiger partial charge < -0.3 is 19.3 Å². The number of thiazole rings is 1. The average Bonchev–Trinajstić information content (AvgIpc) is 3.47. The second-order valence-electron chi connectivity index (χ2n) is 6.68. The van der Waals surface area contributed by atoms with E-state index in [9.17, 15) is 4.79 Å². The second kappa shape index (κ2) is 9.80. The van der Waals surface area contributed by atoms with Crippen LogP contribution in [0.5, 0.6) is 11.5 Å². The second-order valence-corrected chi connectivity index (χ2v) is 7.94. The molecule has 0 saturated carbocycles. The molecule has 0 atom stereocenters. The van der Waals surface area contributed by atoms with Gasteiger partial charge in [0.05, 0.1) is 24.9 Å². The first kappa shape index (κ1) is 21.8. The minimum absolute atomic E-state index is 0.188. The van der Waals surface area contributed by atoms with Crippen LogP contribution in [0.2, 0.25) is 5.02 Å². The van der Waals surface area contributed by atoms with Crippen LogP contribution in [0, 0.1) is 0 Å². The van der Waals surface area contributed by atoms with Gasteiger partial charge in [-0.1, -0.05) is 16.8 Å². The fraction of sp³-hybridized carbons (Fsp3) is 0.182.